The molecule has 0 saturated carbocycles. The average molecular weight is 205 g/mol. The molecule has 0 amide bonds. The van der Waals surface area contributed by atoms with Gasteiger partial charge in [-0.25, -0.2) is 4.98 Å². The van der Waals surface area contributed by atoms with E-state index in [1.54, 1.807) is 0 Å². The summed E-state index contributed by atoms with van der Waals surface area (Å²) >= 11 is 0. The zero-order valence-electron chi connectivity index (χ0n) is 9.96. The lowest BCUT2D eigenvalue weighted by molar-refractivity contribution is 0.993. The molecule has 1 N–H and O–H groups in total. The Labute approximate surface area is 91.8 Å². The first-order valence-electron chi connectivity index (χ1n) is 5.18. The average Bonchev–Trinajstić information content (AvgIpc) is 2.24. The Morgan fingerprint density at radius 2 is 2.20 bits per heavy atom. The molecule has 3 heteroatoms. The van der Waals surface area contributed by atoms with Gasteiger partial charge in [0, 0.05) is 25.4 Å². The van der Waals surface area contributed by atoms with Crippen LogP contribution in [0.4, 0.5) is 11.5 Å². The van der Waals surface area contributed by atoms with Gasteiger partial charge in [-0.1, -0.05) is 6.58 Å². The largest absolute Gasteiger partial charge is 0.373 e. The zero-order valence-corrected chi connectivity index (χ0v) is 9.96. The van der Waals surface area contributed by atoms with E-state index in [0.29, 0.717) is 0 Å². The molecule has 82 valence electrons. The predicted molar refractivity (Wildman–Crippen MR) is 66.5 cm³/mol. The summed E-state index contributed by atoms with van der Waals surface area (Å²) in [4.78, 5) is 6.47. The van der Waals surface area contributed by atoms with E-state index in [2.05, 4.69) is 42.6 Å². The lowest BCUT2D eigenvalue weighted by Crippen LogP contribution is -2.17. The van der Waals surface area contributed by atoms with Gasteiger partial charge in [0.05, 0.1) is 5.69 Å². The normalized spacial score (nSPS) is 9.87. The van der Waals surface area contributed by atoms with Gasteiger partial charge in [-0.3, -0.25) is 0 Å². The number of aryl methyl sites for hydroxylation is 1. The molecule has 15 heavy (non-hydrogen) atoms. The van der Waals surface area contributed by atoms with E-state index in [4.69, 9.17) is 0 Å². The van der Waals surface area contributed by atoms with Gasteiger partial charge < -0.3 is 10.2 Å². The fourth-order valence-electron chi connectivity index (χ4n) is 1.80. The molecule has 1 aromatic rings. The maximum atomic E-state index is 4.34. The lowest BCUT2D eigenvalue weighted by atomic mass is 10.1. The van der Waals surface area contributed by atoms with E-state index >= 15 is 0 Å². The quantitative estimate of drug-likeness (QED) is 0.819. The molecular formula is C12H19N3. The number of nitrogens with one attached hydrogen (secondary N) is 1. The summed E-state index contributed by atoms with van der Waals surface area (Å²) in [7, 11) is 1.89. The van der Waals surface area contributed by atoms with Crippen LogP contribution >= 0.6 is 0 Å². The molecule has 1 rings (SSSR count). The number of hydrogen-bond donors (Lipinski definition) is 1. The molecule has 1 aromatic heterocycles. The molecule has 0 fully saturated rings. The first kappa shape index (κ1) is 11.6. The van der Waals surface area contributed by atoms with Crippen molar-refractivity contribution >= 4 is 11.5 Å². The third kappa shape index (κ3) is 2.12. The van der Waals surface area contributed by atoms with Crippen molar-refractivity contribution in [1.82, 2.24) is 4.98 Å². The Hall–Kier alpha value is -1.51. The monoisotopic (exact) mass is 205 g/mol. The standard InChI is InChI=1S/C12H19N3/c1-6-15(7-2)11-9(3)8-14-12(13-5)10(11)4/h6,8H,1,7H2,2-5H3,(H,13,14). The highest BCUT2D eigenvalue weighted by Gasteiger charge is 2.11. The number of nitrogens with zero attached hydrogens (tertiary/aromatic N) is 2. The van der Waals surface area contributed by atoms with E-state index in [9.17, 15) is 0 Å². The second-order valence-electron chi connectivity index (χ2n) is 3.48. The van der Waals surface area contributed by atoms with Crippen molar-refractivity contribution in [3.8, 4) is 0 Å². The number of pyridine rings is 1. The van der Waals surface area contributed by atoms with Crippen LogP contribution in [-0.4, -0.2) is 18.6 Å². The molecule has 0 spiro atoms. The molecule has 0 bridgehead atoms. The van der Waals surface area contributed by atoms with Crippen molar-refractivity contribution in [3.63, 3.8) is 0 Å². The summed E-state index contributed by atoms with van der Waals surface area (Å²) in [5.41, 5.74) is 3.54. The minimum atomic E-state index is 0.915. The minimum Gasteiger partial charge on any atom is -0.373 e. The summed E-state index contributed by atoms with van der Waals surface area (Å²) in [5.74, 6) is 0.927. The Kier molecular flexibility index (Phi) is 3.72. The van der Waals surface area contributed by atoms with Gasteiger partial charge in [0.25, 0.3) is 0 Å². The van der Waals surface area contributed by atoms with Crippen LogP contribution in [0.5, 0.6) is 0 Å². The van der Waals surface area contributed by atoms with Crippen molar-refractivity contribution in [2.45, 2.75) is 20.8 Å². The molecule has 0 aliphatic carbocycles. The Morgan fingerprint density at radius 1 is 1.53 bits per heavy atom. The van der Waals surface area contributed by atoms with Crippen LogP contribution in [0, 0.1) is 13.8 Å². The number of hydrogen-bond acceptors (Lipinski definition) is 3. The van der Waals surface area contributed by atoms with Gasteiger partial charge in [-0.15, -0.1) is 0 Å². The highest BCUT2D eigenvalue weighted by Crippen LogP contribution is 2.28. The molecule has 0 unspecified atom stereocenters. The molecule has 0 aliphatic rings. The van der Waals surface area contributed by atoms with Crippen molar-refractivity contribution in [2.24, 2.45) is 0 Å². The third-order valence-corrected chi connectivity index (χ3v) is 2.56. The van der Waals surface area contributed by atoms with Gasteiger partial charge in [0.2, 0.25) is 0 Å². The molecule has 0 aliphatic heterocycles. The maximum Gasteiger partial charge on any atom is 0.130 e. The van der Waals surface area contributed by atoms with Crippen molar-refractivity contribution in [3.05, 3.63) is 30.1 Å². The Balaban J connectivity index is 3.31. The number of anilines is 2. The van der Waals surface area contributed by atoms with E-state index in [-0.39, 0.29) is 0 Å². The molecule has 3 nitrogen and oxygen atoms in total. The van der Waals surface area contributed by atoms with Gasteiger partial charge >= 0.3 is 0 Å². The van der Waals surface area contributed by atoms with Crippen molar-refractivity contribution in [2.75, 3.05) is 23.8 Å². The van der Waals surface area contributed by atoms with E-state index < -0.39 is 0 Å². The fourth-order valence-corrected chi connectivity index (χ4v) is 1.80. The van der Waals surface area contributed by atoms with Gasteiger partial charge in [-0.05, 0) is 32.5 Å². The van der Waals surface area contributed by atoms with Crippen LogP contribution in [-0.2, 0) is 0 Å². The molecule has 0 radical (unpaired) electrons. The number of aromatic nitrogens is 1. The molecule has 0 atom stereocenters. The summed E-state index contributed by atoms with van der Waals surface area (Å²) in [5, 5.41) is 3.09. The van der Waals surface area contributed by atoms with Crippen molar-refractivity contribution < 1.29 is 0 Å². The maximum absolute atomic E-state index is 4.34. The second-order valence-corrected chi connectivity index (χ2v) is 3.48. The highest BCUT2D eigenvalue weighted by molar-refractivity contribution is 5.67. The molecule has 0 aromatic carbocycles. The van der Waals surface area contributed by atoms with Crippen LogP contribution in [0.1, 0.15) is 18.1 Å². The summed E-state index contributed by atoms with van der Waals surface area (Å²) in [6.45, 7) is 11.0. The van der Waals surface area contributed by atoms with Crippen LogP contribution in [0.25, 0.3) is 0 Å². The number of rotatable bonds is 4. The van der Waals surface area contributed by atoms with Gasteiger partial charge in [-0.2, -0.15) is 0 Å². The fraction of sp³-hybridized carbons (Fsp3) is 0.417. The van der Waals surface area contributed by atoms with Crippen LogP contribution in [0.15, 0.2) is 19.0 Å². The summed E-state index contributed by atoms with van der Waals surface area (Å²) in [6, 6.07) is 0. The lowest BCUT2D eigenvalue weighted by Gasteiger charge is -2.23. The predicted octanol–water partition coefficient (Wildman–Crippen LogP) is 2.71. The van der Waals surface area contributed by atoms with Crippen LogP contribution in [0.2, 0.25) is 0 Å². The second kappa shape index (κ2) is 4.82. The Morgan fingerprint density at radius 3 is 2.67 bits per heavy atom. The van der Waals surface area contributed by atoms with Gasteiger partial charge in [0.1, 0.15) is 5.82 Å². The smallest absolute Gasteiger partial charge is 0.130 e. The van der Waals surface area contributed by atoms with Crippen molar-refractivity contribution in [1.29, 1.82) is 0 Å². The summed E-state index contributed by atoms with van der Waals surface area (Å²) < 4.78 is 0. The molecule has 1 heterocycles. The SMILES string of the molecule is C=CN(CC)c1c(C)cnc(NC)c1C. The first-order valence-corrected chi connectivity index (χ1v) is 5.18. The van der Waals surface area contributed by atoms with E-state index in [0.717, 1.165) is 12.4 Å². The minimum absolute atomic E-state index is 0.915. The summed E-state index contributed by atoms with van der Waals surface area (Å²) in [6.07, 6.45) is 3.75. The van der Waals surface area contributed by atoms with Gasteiger partial charge in [0.15, 0.2) is 0 Å². The third-order valence-electron chi connectivity index (χ3n) is 2.56. The zero-order chi connectivity index (χ0) is 11.4. The van der Waals surface area contributed by atoms with Crippen LogP contribution in [0.3, 0.4) is 0 Å². The topological polar surface area (TPSA) is 28.2 Å². The first-order chi connectivity index (χ1) is 7.15. The molecule has 0 saturated heterocycles. The van der Waals surface area contributed by atoms with E-state index in [1.165, 1.54) is 16.8 Å². The highest BCUT2D eigenvalue weighted by atomic mass is 15.1. The van der Waals surface area contributed by atoms with E-state index in [1.807, 2.05) is 19.4 Å². The molecular weight excluding hydrogens is 186 g/mol. The van der Waals surface area contributed by atoms with Crippen LogP contribution < -0.4 is 10.2 Å². The Bertz CT molecular complexity index is 358.